The Bertz CT molecular complexity index is 1170. The van der Waals surface area contributed by atoms with E-state index in [1.54, 1.807) is 41.1 Å². The van der Waals surface area contributed by atoms with Crippen LogP contribution in [0.1, 0.15) is 23.7 Å². The Morgan fingerprint density at radius 3 is 2.97 bits per heavy atom. The van der Waals surface area contributed by atoms with Crippen molar-refractivity contribution >= 4 is 5.82 Å². The summed E-state index contributed by atoms with van der Waals surface area (Å²) in [5.74, 6) is 2.01. The quantitative estimate of drug-likeness (QED) is 0.715. The zero-order valence-corrected chi connectivity index (χ0v) is 16.0. The van der Waals surface area contributed by atoms with Gasteiger partial charge in [0, 0.05) is 36.6 Å². The Morgan fingerprint density at radius 1 is 1.31 bits per heavy atom. The van der Waals surface area contributed by atoms with Crippen molar-refractivity contribution in [2.75, 3.05) is 5.32 Å². The number of anilines is 1. The van der Waals surface area contributed by atoms with Crippen LogP contribution in [0.15, 0.2) is 47.4 Å². The Kier molecular flexibility index (Phi) is 4.87. The monoisotopic (exact) mass is 389 g/mol. The topological polar surface area (TPSA) is 102 Å². The second-order valence-corrected chi connectivity index (χ2v) is 6.88. The standard InChI is InChI=1S/C21H19N5O3/c1-13-7-17(5-6-23-13)29-18-4-3-15(8-16(18)10-22)12-28-20-9-19-24-14(2)11-26(19)21(27)25-20/h3-9,14,24H,11-12H2,1-2H3/t14-/m0/s1. The molecule has 3 heterocycles. The van der Waals surface area contributed by atoms with Crippen molar-refractivity contribution in [3.63, 3.8) is 0 Å². The van der Waals surface area contributed by atoms with Crippen molar-refractivity contribution in [1.29, 1.82) is 5.26 Å². The molecule has 1 aliphatic rings. The number of rotatable bonds is 5. The second kappa shape index (κ2) is 7.64. The fourth-order valence-corrected chi connectivity index (χ4v) is 3.14. The maximum Gasteiger partial charge on any atom is 0.352 e. The van der Waals surface area contributed by atoms with Crippen LogP contribution in [0.25, 0.3) is 0 Å². The first-order valence-electron chi connectivity index (χ1n) is 9.16. The fraction of sp³-hybridized carbons (Fsp3) is 0.238. The molecule has 1 aliphatic heterocycles. The molecule has 0 unspecified atom stereocenters. The minimum atomic E-state index is -0.344. The van der Waals surface area contributed by atoms with Crippen LogP contribution >= 0.6 is 0 Å². The Labute approximate surface area is 167 Å². The Morgan fingerprint density at radius 2 is 2.17 bits per heavy atom. The molecule has 0 saturated carbocycles. The molecule has 4 rings (SSSR count). The number of benzene rings is 1. The summed E-state index contributed by atoms with van der Waals surface area (Å²) in [6.07, 6.45) is 1.65. The van der Waals surface area contributed by atoms with Gasteiger partial charge in [-0.3, -0.25) is 9.55 Å². The third-order valence-corrected chi connectivity index (χ3v) is 4.49. The molecule has 0 fully saturated rings. The first-order valence-corrected chi connectivity index (χ1v) is 9.16. The maximum atomic E-state index is 12.1. The zero-order chi connectivity index (χ0) is 20.4. The molecule has 1 atom stereocenters. The molecule has 8 heteroatoms. The van der Waals surface area contributed by atoms with Crippen LogP contribution in [-0.4, -0.2) is 20.6 Å². The van der Waals surface area contributed by atoms with E-state index in [1.807, 2.05) is 19.9 Å². The number of ether oxygens (including phenoxy) is 2. The van der Waals surface area contributed by atoms with Gasteiger partial charge in [-0.15, -0.1) is 0 Å². The van der Waals surface area contributed by atoms with Gasteiger partial charge in [-0.2, -0.15) is 10.2 Å². The Hall–Kier alpha value is -3.86. The predicted octanol–water partition coefficient (Wildman–Crippen LogP) is 3.00. The lowest BCUT2D eigenvalue weighted by atomic mass is 10.1. The molecule has 0 spiro atoms. The first-order chi connectivity index (χ1) is 14.0. The lowest BCUT2D eigenvalue weighted by Gasteiger charge is -2.11. The van der Waals surface area contributed by atoms with Crippen molar-refractivity contribution < 1.29 is 9.47 Å². The molecule has 146 valence electrons. The molecule has 2 aromatic heterocycles. The van der Waals surface area contributed by atoms with E-state index < -0.39 is 0 Å². The zero-order valence-electron chi connectivity index (χ0n) is 16.0. The van der Waals surface area contributed by atoms with Gasteiger partial charge in [0.05, 0.1) is 5.56 Å². The molecule has 0 bridgehead atoms. The molecule has 0 radical (unpaired) electrons. The van der Waals surface area contributed by atoms with Gasteiger partial charge in [-0.05, 0) is 37.6 Å². The number of aromatic nitrogens is 3. The average molecular weight is 389 g/mol. The summed E-state index contributed by atoms with van der Waals surface area (Å²) in [7, 11) is 0. The fourth-order valence-electron chi connectivity index (χ4n) is 3.14. The maximum absolute atomic E-state index is 12.1. The lowest BCUT2D eigenvalue weighted by Crippen LogP contribution is -2.22. The van der Waals surface area contributed by atoms with E-state index in [-0.39, 0.29) is 24.2 Å². The minimum Gasteiger partial charge on any atom is -0.473 e. The van der Waals surface area contributed by atoms with Crippen molar-refractivity contribution in [3.8, 4) is 23.4 Å². The number of nitriles is 1. The second-order valence-electron chi connectivity index (χ2n) is 6.88. The number of hydrogen-bond acceptors (Lipinski definition) is 7. The van der Waals surface area contributed by atoms with Crippen LogP contribution in [0, 0.1) is 18.3 Å². The molecular formula is C21H19N5O3. The highest BCUT2D eigenvalue weighted by molar-refractivity contribution is 5.47. The van der Waals surface area contributed by atoms with Crippen LogP contribution < -0.4 is 20.5 Å². The van der Waals surface area contributed by atoms with Gasteiger partial charge in [0.25, 0.3) is 0 Å². The van der Waals surface area contributed by atoms with Crippen molar-refractivity contribution in [1.82, 2.24) is 14.5 Å². The number of nitrogens with zero attached hydrogens (tertiary/aromatic N) is 4. The molecule has 0 saturated heterocycles. The van der Waals surface area contributed by atoms with E-state index in [0.29, 0.717) is 29.4 Å². The van der Waals surface area contributed by atoms with E-state index in [2.05, 4.69) is 21.4 Å². The highest BCUT2D eigenvalue weighted by atomic mass is 16.5. The van der Waals surface area contributed by atoms with Gasteiger partial charge in [-0.25, -0.2) is 4.79 Å². The highest BCUT2D eigenvalue weighted by Crippen LogP contribution is 2.27. The van der Waals surface area contributed by atoms with Gasteiger partial charge < -0.3 is 14.8 Å². The van der Waals surface area contributed by atoms with E-state index in [9.17, 15) is 10.1 Å². The van der Waals surface area contributed by atoms with Crippen LogP contribution in [0.2, 0.25) is 0 Å². The van der Waals surface area contributed by atoms with E-state index in [0.717, 1.165) is 11.3 Å². The molecule has 8 nitrogen and oxygen atoms in total. The summed E-state index contributed by atoms with van der Waals surface area (Å²) in [5, 5.41) is 12.7. The van der Waals surface area contributed by atoms with Gasteiger partial charge in [0.2, 0.25) is 5.88 Å². The van der Waals surface area contributed by atoms with Crippen LogP contribution in [0.4, 0.5) is 5.82 Å². The number of nitrogens with one attached hydrogen (secondary N) is 1. The summed E-state index contributed by atoms with van der Waals surface area (Å²) >= 11 is 0. The number of pyridine rings is 1. The molecule has 0 aliphatic carbocycles. The first kappa shape index (κ1) is 18.5. The van der Waals surface area contributed by atoms with E-state index >= 15 is 0 Å². The minimum absolute atomic E-state index is 0.175. The van der Waals surface area contributed by atoms with E-state index in [4.69, 9.17) is 9.47 Å². The summed E-state index contributed by atoms with van der Waals surface area (Å²) in [4.78, 5) is 20.2. The third kappa shape index (κ3) is 4.04. The molecule has 1 aromatic carbocycles. The number of fused-ring (bicyclic) bond motifs is 1. The van der Waals surface area contributed by atoms with Gasteiger partial charge in [0.1, 0.15) is 30.0 Å². The highest BCUT2D eigenvalue weighted by Gasteiger charge is 2.19. The van der Waals surface area contributed by atoms with Gasteiger partial charge in [-0.1, -0.05) is 6.07 Å². The summed E-state index contributed by atoms with van der Waals surface area (Å²) in [5.41, 5.74) is 1.64. The average Bonchev–Trinajstić information content (AvgIpc) is 3.08. The number of aryl methyl sites for hydroxylation is 1. The van der Waals surface area contributed by atoms with Crippen LogP contribution in [-0.2, 0) is 13.2 Å². The largest absolute Gasteiger partial charge is 0.473 e. The third-order valence-electron chi connectivity index (χ3n) is 4.49. The smallest absolute Gasteiger partial charge is 0.352 e. The molecular weight excluding hydrogens is 370 g/mol. The van der Waals surface area contributed by atoms with E-state index in [1.165, 1.54) is 0 Å². The van der Waals surface area contributed by atoms with Crippen molar-refractivity contribution in [2.45, 2.75) is 33.0 Å². The van der Waals surface area contributed by atoms with Crippen molar-refractivity contribution in [2.24, 2.45) is 0 Å². The molecule has 1 N–H and O–H groups in total. The molecule has 0 amide bonds. The Balaban J connectivity index is 1.49. The normalized spacial score (nSPS) is 14.6. The number of hydrogen-bond donors (Lipinski definition) is 1. The van der Waals surface area contributed by atoms with Gasteiger partial charge in [0.15, 0.2) is 0 Å². The van der Waals surface area contributed by atoms with Crippen molar-refractivity contribution in [3.05, 3.63) is 69.9 Å². The molecule has 3 aromatic rings. The summed E-state index contributed by atoms with van der Waals surface area (Å²) < 4.78 is 13.1. The SMILES string of the molecule is Cc1cc(Oc2ccc(COc3cc4n(c(=O)n3)C[C@H](C)N4)cc2C#N)ccn1. The summed E-state index contributed by atoms with van der Waals surface area (Å²) in [6, 6.07) is 12.8. The van der Waals surface area contributed by atoms with Crippen LogP contribution in [0.3, 0.4) is 0 Å². The van der Waals surface area contributed by atoms with Crippen LogP contribution in [0.5, 0.6) is 17.4 Å². The molecule has 29 heavy (non-hydrogen) atoms. The summed E-state index contributed by atoms with van der Waals surface area (Å²) in [6.45, 7) is 4.63. The lowest BCUT2D eigenvalue weighted by molar-refractivity contribution is 0.291. The van der Waals surface area contributed by atoms with Gasteiger partial charge >= 0.3 is 5.69 Å². The predicted molar refractivity (Wildman–Crippen MR) is 106 cm³/mol.